The SMILES string of the molecule is COc1cc(CC(C)CC(=O)C(N)CCCCN=C(N)N)cc(OC)c1OC. The van der Waals surface area contributed by atoms with Gasteiger partial charge in [-0.15, -0.1) is 0 Å². The summed E-state index contributed by atoms with van der Waals surface area (Å²) in [5.74, 6) is 2.06. The van der Waals surface area contributed by atoms with E-state index in [1.54, 1.807) is 21.3 Å². The topological polar surface area (TPSA) is 135 Å². The Hall–Kier alpha value is -2.48. The highest BCUT2D eigenvalue weighted by Gasteiger charge is 2.19. The fourth-order valence-corrected chi connectivity index (χ4v) is 3.07. The molecule has 0 saturated carbocycles. The fraction of sp³-hybridized carbons (Fsp3) is 0.600. The van der Waals surface area contributed by atoms with Gasteiger partial charge in [0.15, 0.2) is 17.5 Å². The number of guanidine groups is 1. The second-order valence-corrected chi connectivity index (χ2v) is 6.92. The molecule has 0 aromatic heterocycles. The summed E-state index contributed by atoms with van der Waals surface area (Å²) < 4.78 is 16.1. The standard InChI is InChI=1S/C20H34N4O4/c1-13(10-16(25)15(21)7-5-6-8-24-20(22)23)9-14-11-17(26-2)19(28-4)18(12-14)27-3/h11-13,15H,5-10,21H2,1-4H3,(H4,22,23,24). The van der Waals surface area contributed by atoms with Crippen molar-refractivity contribution in [2.24, 2.45) is 28.1 Å². The number of unbranched alkanes of at least 4 members (excludes halogenated alkanes) is 1. The smallest absolute Gasteiger partial charge is 0.203 e. The number of ether oxygens (including phenoxy) is 3. The predicted molar refractivity (Wildman–Crippen MR) is 111 cm³/mol. The monoisotopic (exact) mass is 394 g/mol. The number of nitrogens with two attached hydrogens (primary N) is 3. The molecular weight excluding hydrogens is 360 g/mol. The van der Waals surface area contributed by atoms with Crippen LogP contribution in [0.1, 0.15) is 38.2 Å². The molecule has 0 bridgehead atoms. The molecule has 6 N–H and O–H groups in total. The van der Waals surface area contributed by atoms with Gasteiger partial charge in [-0.1, -0.05) is 6.92 Å². The number of hydrogen-bond acceptors (Lipinski definition) is 6. The Balaban J connectivity index is 2.57. The van der Waals surface area contributed by atoms with Crippen LogP contribution in [-0.2, 0) is 11.2 Å². The number of ketones is 1. The largest absolute Gasteiger partial charge is 0.493 e. The van der Waals surface area contributed by atoms with Crippen LogP contribution in [-0.4, -0.2) is 45.7 Å². The zero-order chi connectivity index (χ0) is 21.1. The Morgan fingerprint density at radius 2 is 1.68 bits per heavy atom. The van der Waals surface area contributed by atoms with E-state index in [4.69, 9.17) is 31.4 Å². The zero-order valence-corrected chi connectivity index (χ0v) is 17.4. The molecule has 28 heavy (non-hydrogen) atoms. The number of hydrogen-bond donors (Lipinski definition) is 3. The van der Waals surface area contributed by atoms with Crippen molar-refractivity contribution >= 4 is 11.7 Å². The molecule has 0 saturated heterocycles. The summed E-state index contributed by atoms with van der Waals surface area (Å²) in [6.45, 7) is 2.59. The van der Waals surface area contributed by atoms with Gasteiger partial charge in [0.1, 0.15) is 5.78 Å². The zero-order valence-electron chi connectivity index (χ0n) is 17.4. The molecule has 0 fully saturated rings. The molecule has 8 nitrogen and oxygen atoms in total. The van der Waals surface area contributed by atoms with E-state index in [-0.39, 0.29) is 17.7 Å². The van der Waals surface area contributed by atoms with Crippen LogP contribution >= 0.6 is 0 Å². The predicted octanol–water partition coefficient (Wildman–Crippen LogP) is 1.62. The van der Waals surface area contributed by atoms with Crippen molar-refractivity contribution in [2.45, 2.75) is 45.1 Å². The number of rotatable bonds is 13. The number of carbonyl (C=O) groups excluding carboxylic acids is 1. The molecule has 0 aliphatic rings. The van der Waals surface area contributed by atoms with Gasteiger partial charge >= 0.3 is 0 Å². The summed E-state index contributed by atoms with van der Waals surface area (Å²) in [6.07, 6.45) is 3.38. The van der Waals surface area contributed by atoms with Gasteiger partial charge in [0.05, 0.1) is 27.4 Å². The van der Waals surface area contributed by atoms with Crippen LogP contribution in [0, 0.1) is 5.92 Å². The molecule has 0 amide bonds. The minimum Gasteiger partial charge on any atom is -0.493 e. The lowest BCUT2D eigenvalue weighted by molar-refractivity contribution is -0.121. The summed E-state index contributed by atoms with van der Waals surface area (Å²) in [5, 5.41) is 0. The number of carbonyl (C=O) groups is 1. The van der Waals surface area contributed by atoms with Crippen molar-refractivity contribution in [1.82, 2.24) is 0 Å². The minimum atomic E-state index is -0.457. The first-order valence-electron chi connectivity index (χ1n) is 9.44. The Morgan fingerprint density at radius 3 is 2.18 bits per heavy atom. The highest BCUT2D eigenvalue weighted by Crippen LogP contribution is 2.38. The van der Waals surface area contributed by atoms with Crippen LogP contribution in [0.4, 0.5) is 0 Å². The first-order chi connectivity index (χ1) is 13.3. The van der Waals surface area contributed by atoms with Crippen LogP contribution < -0.4 is 31.4 Å². The summed E-state index contributed by atoms with van der Waals surface area (Å²) in [7, 11) is 4.74. The lowest BCUT2D eigenvalue weighted by atomic mass is 9.92. The van der Waals surface area contributed by atoms with Crippen LogP contribution in [0.15, 0.2) is 17.1 Å². The normalized spacial score (nSPS) is 12.8. The minimum absolute atomic E-state index is 0.0711. The van der Waals surface area contributed by atoms with E-state index in [0.717, 1.165) is 18.4 Å². The van der Waals surface area contributed by atoms with E-state index in [9.17, 15) is 4.79 Å². The summed E-state index contributed by atoms with van der Waals surface area (Å²) >= 11 is 0. The van der Waals surface area contributed by atoms with E-state index in [1.807, 2.05) is 19.1 Å². The summed E-state index contributed by atoms with van der Waals surface area (Å²) in [6, 6.07) is 3.36. The number of aliphatic imine (C=N–C) groups is 1. The molecule has 1 aromatic carbocycles. The lowest BCUT2D eigenvalue weighted by Gasteiger charge is -2.17. The van der Waals surface area contributed by atoms with E-state index in [2.05, 4.69) is 4.99 Å². The van der Waals surface area contributed by atoms with Crippen LogP contribution in [0.2, 0.25) is 0 Å². The molecule has 1 rings (SSSR count). The second kappa shape index (κ2) is 12.1. The van der Waals surface area contributed by atoms with E-state index in [0.29, 0.717) is 43.1 Å². The van der Waals surface area contributed by atoms with Crippen molar-refractivity contribution in [3.63, 3.8) is 0 Å². The Morgan fingerprint density at radius 1 is 1.07 bits per heavy atom. The average molecular weight is 395 g/mol. The molecule has 2 unspecified atom stereocenters. The molecule has 0 heterocycles. The fourth-order valence-electron chi connectivity index (χ4n) is 3.07. The van der Waals surface area contributed by atoms with Gasteiger partial charge in [0.25, 0.3) is 0 Å². The third-order valence-corrected chi connectivity index (χ3v) is 4.49. The van der Waals surface area contributed by atoms with Crippen LogP contribution in [0.3, 0.4) is 0 Å². The average Bonchev–Trinajstić information content (AvgIpc) is 2.66. The summed E-state index contributed by atoms with van der Waals surface area (Å²) in [4.78, 5) is 16.3. The van der Waals surface area contributed by atoms with Gasteiger partial charge < -0.3 is 31.4 Å². The molecular formula is C20H34N4O4. The van der Waals surface area contributed by atoms with Crippen molar-refractivity contribution in [3.8, 4) is 17.2 Å². The van der Waals surface area contributed by atoms with Crippen molar-refractivity contribution in [2.75, 3.05) is 27.9 Å². The highest BCUT2D eigenvalue weighted by molar-refractivity contribution is 5.83. The maximum Gasteiger partial charge on any atom is 0.203 e. The van der Waals surface area contributed by atoms with Gasteiger partial charge in [-0.25, -0.2) is 0 Å². The Labute approximate surface area is 167 Å². The van der Waals surface area contributed by atoms with Gasteiger partial charge in [-0.3, -0.25) is 9.79 Å². The third kappa shape index (κ3) is 7.64. The lowest BCUT2D eigenvalue weighted by Crippen LogP contribution is -2.31. The van der Waals surface area contributed by atoms with E-state index in [1.165, 1.54) is 0 Å². The molecule has 0 aliphatic carbocycles. The van der Waals surface area contributed by atoms with Gasteiger partial charge in [0, 0.05) is 13.0 Å². The molecule has 158 valence electrons. The van der Waals surface area contributed by atoms with E-state index < -0.39 is 6.04 Å². The molecule has 8 heteroatoms. The van der Waals surface area contributed by atoms with Gasteiger partial charge in [-0.05, 0) is 49.3 Å². The number of Topliss-reactive ketones (excluding diaryl/α,β-unsaturated/α-hetero) is 1. The molecule has 0 spiro atoms. The Bertz CT molecular complexity index is 635. The first-order valence-corrected chi connectivity index (χ1v) is 9.44. The van der Waals surface area contributed by atoms with Gasteiger partial charge in [-0.2, -0.15) is 0 Å². The first kappa shape index (κ1) is 23.6. The maximum atomic E-state index is 12.4. The van der Waals surface area contributed by atoms with E-state index >= 15 is 0 Å². The number of methoxy groups -OCH3 is 3. The second-order valence-electron chi connectivity index (χ2n) is 6.92. The molecule has 0 aliphatic heterocycles. The summed E-state index contributed by atoms with van der Waals surface area (Å²) in [5.41, 5.74) is 17.6. The number of nitrogens with zero attached hydrogens (tertiary/aromatic N) is 1. The number of benzene rings is 1. The van der Waals surface area contributed by atoms with Crippen molar-refractivity contribution < 1.29 is 19.0 Å². The van der Waals surface area contributed by atoms with Crippen molar-refractivity contribution in [1.29, 1.82) is 0 Å². The molecule has 0 radical (unpaired) electrons. The van der Waals surface area contributed by atoms with Gasteiger partial charge in [0.2, 0.25) is 5.75 Å². The maximum absolute atomic E-state index is 12.4. The highest BCUT2D eigenvalue weighted by atomic mass is 16.5. The third-order valence-electron chi connectivity index (χ3n) is 4.49. The molecule has 1 aromatic rings. The van der Waals surface area contributed by atoms with Crippen LogP contribution in [0.25, 0.3) is 0 Å². The quantitative estimate of drug-likeness (QED) is 0.263. The van der Waals surface area contributed by atoms with Crippen LogP contribution in [0.5, 0.6) is 17.2 Å². The molecule has 2 atom stereocenters. The Kier molecular flexibility index (Phi) is 10.2. The van der Waals surface area contributed by atoms with Crippen molar-refractivity contribution in [3.05, 3.63) is 17.7 Å².